The lowest BCUT2D eigenvalue weighted by Gasteiger charge is -2.02. The molecule has 0 fully saturated rings. The fourth-order valence-electron chi connectivity index (χ4n) is 2.63. The Labute approximate surface area is 143 Å². The van der Waals surface area contributed by atoms with E-state index >= 15 is 0 Å². The van der Waals surface area contributed by atoms with Gasteiger partial charge in [0.25, 0.3) is 0 Å². The summed E-state index contributed by atoms with van der Waals surface area (Å²) in [5.74, 6) is 0.0811. The summed E-state index contributed by atoms with van der Waals surface area (Å²) in [6.45, 7) is 2.52. The third kappa shape index (κ3) is 3.21. The molecule has 0 spiro atoms. The van der Waals surface area contributed by atoms with Crippen molar-refractivity contribution in [3.05, 3.63) is 77.3 Å². The number of pyridine rings is 1. The molecule has 0 radical (unpaired) electrons. The summed E-state index contributed by atoms with van der Waals surface area (Å²) in [6, 6.07) is 10.9. The Balaban J connectivity index is 1.45. The van der Waals surface area contributed by atoms with Crippen LogP contribution in [0.4, 0.5) is 10.4 Å². The lowest BCUT2D eigenvalue weighted by Crippen LogP contribution is -2.02. The van der Waals surface area contributed by atoms with Gasteiger partial charge in [-0.15, -0.1) is 5.10 Å². The van der Waals surface area contributed by atoms with Crippen LogP contribution in [-0.4, -0.2) is 19.6 Å². The molecule has 25 heavy (non-hydrogen) atoms. The Kier molecular flexibility index (Phi) is 3.89. The van der Waals surface area contributed by atoms with Crippen molar-refractivity contribution in [1.82, 2.24) is 19.6 Å². The van der Waals surface area contributed by atoms with Gasteiger partial charge in [-0.2, -0.15) is 0 Å². The zero-order valence-electron chi connectivity index (χ0n) is 13.6. The summed E-state index contributed by atoms with van der Waals surface area (Å²) in [4.78, 5) is 4.38. The van der Waals surface area contributed by atoms with Crippen molar-refractivity contribution in [3.63, 3.8) is 0 Å². The minimum Gasteiger partial charge on any atom is -0.408 e. The number of hydrogen-bond acceptors (Lipinski definition) is 5. The van der Waals surface area contributed by atoms with E-state index in [0.717, 1.165) is 16.9 Å². The van der Waals surface area contributed by atoms with Gasteiger partial charge in [-0.3, -0.25) is 0 Å². The van der Waals surface area contributed by atoms with Crippen LogP contribution in [-0.2, 0) is 13.0 Å². The second-order valence-electron chi connectivity index (χ2n) is 5.80. The molecule has 3 heterocycles. The molecular weight excluding hydrogens is 321 g/mol. The first-order valence-electron chi connectivity index (χ1n) is 7.91. The molecule has 3 aromatic heterocycles. The van der Waals surface area contributed by atoms with Crippen LogP contribution < -0.4 is 5.32 Å². The lowest BCUT2D eigenvalue weighted by molar-refractivity contribution is 0.509. The van der Waals surface area contributed by atoms with Gasteiger partial charge in [0.05, 0.1) is 24.9 Å². The Bertz CT molecular complexity index is 1020. The maximum absolute atomic E-state index is 13.7. The third-order valence-electron chi connectivity index (χ3n) is 3.93. The van der Waals surface area contributed by atoms with Gasteiger partial charge in [0.15, 0.2) is 0 Å². The number of nitrogens with zero attached hydrogens (tertiary/aromatic N) is 4. The smallest absolute Gasteiger partial charge is 0.315 e. The molecule has 6 nitrogen and oxygen atoms in total. The molecule has 126 valence electrons. The molecule has 0 aliphatic rings. The van der Waals surface area contributed by atoms with Gasteiger partial charge in [-0.1, -0.05) is 23.3 Å². The SMILES string of the molecule is Cc1ccn2c(CNc3nnc(Cc4ccccc4F)o3)cnc2c1. The standard InChI is InChI=1S/C18H16FN5O/c1-12-6-7-24-14(10-20-16(24)8-12)11-21-18-23-22-17(25-18)9-13-4-2-3-5-15(13)19/h2-8,10H,9,11H2,1H3,(H,21,23). The predicted octanol–water partition coefficient (Wildman–Crippen LogP) is 3.37. The average Bonchev–Trinajstić information content (AvgIpc) is 3.21. The average molecular weight is 337 g/mol. The molecule has 7 heteroatoms. The maximum atomic E-state index is 13.7. The van der Waals surface area contributed by atoms with Crippen molar-refractivity contribution in [2.45, 2.75) is 19.9 Å². The van der Waals surface area contributed by atoms with E-state index in [0.29, 0.717) is 24.0 Å². The molecule has 0 aliphatic carbocycles. The Morgan fingerprint density at radius 3 is 2.96 bits per heavy atom. The van der Waals surface area contributed by atoms with Crippen LogP contribution >= 0.6 is 0 Å². The highest BCUT2D eigenvalue weighted by molar-refractivity contribution is 5.43. The molecule has 1 N–H and O–H groups in total. The van der Waals surface area contributed by atoms with Crippen LogP contribution in [0.15, 0.2) is 53.2 Å². The number of aryl methyl sites for hydroxylation is 1. The number of hydrogen-bond donors (Lipinski definition) is 1. The van der Waals surface area contributed by atoms with Crippen molar-refractivity contribution < 1.29 is 8.81 Å². The van der Waals surface area contributed by atoms with E-state index in [2.05, 4.69) is 20.5 Å². The zero-order valence-corrected chi connectivity index (χ0v) is 13.6. The zero-order chi connectivity index (χ0) is 17.2. The molecule has 0 saturated carbocycles. The summed E-state index contributed by atoms with van der Waals surface area (Å²) in [5, 5.41) is 11.0. The first kappa shape index (κ1) is 15.3. The Morgan fingerprint density at radius 2 is 2.08 bits per heavy atom. The number of nitrogens with one attached hydrogen (secondary N) is 1. The van der Waals surface area contributed by atoms with Crippen LogP contribution in [0.1, 0.15) is 22.7 Å². The van der Waals surface area contributed by atoms with E-state index in [-0.39, 0.29) is 12.2 Å². The molecule has 0 unspecified atom stereocenters. The Hall–Kier alpha value is -3.22. The second-order valence-corrected chi connectivity index (χ2v) is 5.80. The van der Waals surface area contributed by atoms with Crippen LogP contribution in [0.3, 0.4) is 0 Å². The van der Waals surface area contributed by atoms with Crippen LogP contribution in [0, 0.1) is 12.7 Å². The number of rotatable bonds is 5. The highest BCUT2D eigenvalue weighted by Gasteiger charge is 2.10. The van der Waals surface area contributed by atoms with Crippen molar-refractivity contribution in [2.75, 3.05) is 5.32 Å². The third-order valence-corrected chi connectivity index (χ3v) is 3.93. The number of imidazole rings is 1. The summed E-state index contributed by atoms with van der Waals surface area (Å²) >= 11 is 0. The van der Waals surface area contributed by atoms with Crippen LogP contribution in [0.5, 0.6) is 0 Å². The number of anilines is 1. The number of fused-ring (bicyclic) bond motifs is 1. The minimum absolute atomic E-state index is 0.260. The van der Waals surface area contributed by atoms with E-state index in [4.69, 9.17) is 4.42 Å². The monoisotopic (exact) mass is 337 g/mol. The summed E-state index contributed by atoms with van der Waals surface area (Å²) < 4.78 is 21.2. The summed E-state index contributed by atoms with van der Waals surface area (Å²) in [5.41, 5.74) is 3.55. The van der Waals surface area contributed by atoms with Gasteiger partial charge in [0, 0.05) is 6.20 Å². The number of benzene rings is 1. The molecule has 4 rings (SSSR count). The summed E-state index contributed by atoms with van der Waals surface area (Å²) in [7, 11) is 0. The molecular formula is C18H16FN5O. The molecule has 0 atom stereocenters. The van der Waals surface area contributed by atoms with E-state index < -0.39 is 0 Å². The predicted molar refractivity (Wildman–Crippen MR) is 90.8 cm³/mol. The highest BCUT2D eigenvalue weighted by atomic mass is 19.1. The fraction of sp³-hybridized carbons (Fsp3) is 0.167. The normalized spacial score (nSPS) is 11.1. The first-order valence-corrected chi connectivity index (χ1v) is 7.91. The van der Waals surface area contributed by atoms with Gasteiger partial charge in [-0.05, 0) is 36.2 Å². The molecule has 4 aromatic rings. The van der Waals surface area contributed by atoms with Crippen molar-refractivity contribution in [2.24, 2.45) is 0 Å². The largest absolute Gasteiger partial charge is 0.408 e. The fourth-order valence-corrected chi connectivity index (χ4v) is 2.63. The second kappa shape index (κ2) is 6.35. The lowest BCUT2D eigenvalue weighted by atomic mass is 10.1. The summed E-state index contributed by atoms with van der Waals surface area (Å²) in [6.07, 6.45) is 4.04. The van der Waals surface area contributed by atoms with E-state index in [1.54, 1.807) is 24.4 Å². The van der Waals surface area contributed by atoms with Crippen LogP contribution in [0.25, 0.3) is 5.65 Å². The van der Waals surface area contributed by atoms with Gasteiger partial charge in [0.1, 0.15) is 11.5 Å². The van der Waals surface area contributed by atoms with Crippen molar-refractivity contribution in [3.8, 4) is 0 Å². The van der Waals surface area contributed by atoms with Crippen molar-refractivity contribution in [1.29, 1.82) is 0 Å². The van der Waals surface area contributed by atoms with E-state index in [1.807, 2.05) is 29.7 Å². The van der Waals surface area contributed by atoms with Crippen molar-refractivity contribution >= 4 is 11.7 Å². The van der Waals surface area contributed by atoms with Gasteiger partial charge in [0.2, 0.25) is 5.89 Å². The quantitative estimate of drug-likeness (QED) is 0.605. The minimum atomic E-state index is -0.281. The van der Waals surface area contributed by atoms with Gasteiger partial charge >= 0.3 is 6.01 Å². The molecule has 0 saturated heterocycles. The van der Waals surface area contributed by atoms with Gasteiger partial charge in [-0.25, -0.2) is 9.37 Å². The molecule has 0 amide bonds. The Morgan fingerprint density at radius 1 is 1.20 bits per heavy atom. The van der Waals surface area contributed by atoms with Crippen LogP contribution in [0.2, 0.25) is 0 Å². The van der Waals surface area contributed by atoms with E-state index in [1.165, 1.54) is 6.07 Å². The highest BCUT2D eigenvalue weighted by Crippen LogP contribution is 2.15. The first-order chi connectivity index (χ1) is 12.2. The van der Waals surface area contributed by atoms with E-state index in [9.17, 15) is 4.39 Å². The molecule has 0 aliphatic heterocycles. The molecule has 0 bridgehead atoms. The maximum Gasteiger partial charge on any atom is 0.315 e. The topological polar surface area (TPSA) is 68.2 Å². The molecule has 1 aromatic carbocycles. The number of aromatic nitrogens is 4. The van der Waals surface area contributed by atoms with Gasteiger partial charge < -0.3 is 14.1 Å². The number of halogens is 1.